The van der Waals surface area contributed by atoms with Gasteiger partial charge in [0.15, 0.2) is 0 Å². The number of hydrogen-bond donors (Lipinski definition) is 0. The molecule has 0 amide bonds. The Morgan fingerprint density at radius 2 is 1.60 bits per heavy atom. The van der Waals surface area contributed by atoms with Gasteiger partial charge in [-0.2, -0.15) is 0 Å². The molecule has 0 aromatic heterocycles. The van der Waals surface area contributed by atoms with E-state index in [1.54, 1.807) is 0 Å². The van der Waals surface area contributed by atoms with Crippen LogP contribution in [0.2, 0.25) is 0 Å². The molecule has 0 spiro atoms. The zero-order valence-electron chi connectivity index (χ0n) is 1.78. The van der Waals surface area contributed by atoms with Gasteiger partial charge in [-0.25, -0.2) is 0 Å². The number of hydrogen-bond acceptors (Lipinski definition) is 3. The molecule has 0 radical (unpaired) electrons. The predicted molar refractivity (Wildman–Crippen MR) is 2.46 cm³/mol. The molecule has 0 atom stereocenters. The first kappa shape index (κ1) is 2.56. The summed E-state index contributed by atoms with van der Waals surface area (Å²) in [6.45, 7) is 0. The summed E-state index contributed by atoms with van der Waals surface area (Å²) in [5.41, 5.74) is 22.5. The molecule has 0 saturated heterocycles. The first-order valence-electron chi connectivity index (χ1n) is 0.453. The van der Waals surface area contributed by atoms with Gasteiger partial charge in [0.1, 0.15) is 0 Å². The van der Waals surface area contributed by atoms with Gasteiger partial charge >= 0.3 is 16.4 Å². The van der Waals surface area contributed by atoms with Crippen LogP contribution in [0.5, 0.6) is 0 Å². The Bertz CT molecular complexity index is 34.2. The fourth-order valence-electron chi connectivity index (χ4n) is 0.00523. The molecule has 0 bridgehead atoms. The van der Waals surface area contributed by atoms with Crippen LogP contribution in [0.1, 0.15) is 0 Å². The van der Waals surface area contributed by atoms with E-state index in [2.05, 4.69) is 5.48 Å². The molecule has 0 aromatic rings. The maximum atomic E-state index is 9.25. The Balaban J connectivity index is 2.65. The van der Waals surface area contributed by atoms with Crippen LogP contribution in [0, 0.1) is 0 Å². The molecule has 0 heterocycles. The van der Waals surface area contributed by atoms with Gasteiger partial charge in [0.05, 0.1) is 0 Å². The molecular formula is Md2O3. The van der Waals surface area contributed by atoms with Crippen molar-refractivity contribution in [3.63, 3.8) is 0 Å². The Labute approximate surface area is 17.8 Å². The Morgan fingerprint density at radius 3 is 1.60 bits per heavy atom. The summed E-state index contributed by atoms with van der Waals surface area (Å²) in [4.78, 5) is 0. The van der Waals surface area contributed by atoms with Crippen molar-refractivity contribution in [1.29, 1.82) is 0 Å². The molecule has 0 fully saturated rings. The van der Waals surface area contributed by atoms with Crippen molar-refractivity contribution in [2.24, 2.45) is 0 Å². The molecule has 0 aromatic carbocycles. The average Bonchev–Trinajstić information content (AvgIpc) is 1.41. The minimum atomic E-state index is -1.45. The first-order valence-corrected chi connectivity index (χ1v) is 4.22. The quantitative estimate of drug-likeness (QED) is 0.463. The molecule has 0 aliphatic rings. The second-order valence-corrected chi connectivity index (χ2v) is 3.59. The van der Waals surface area contributed by atoms with E-state index in [0.717, 1.165) is 0 Å². The summed E-state index contributed by atoms with van der Waals surface area (Å²) in [5, 5.41) is 0. The van der Waals surface area contributed by atoms with E-state index in [1.807, 2.05) is 0 Å². The summed E-state index contributed by atoms with van der Waals surface area (Å²) in [6.07, 6.45) is 0. The van der Waals surface area contributed by atoms with Crippen LogP contribution in [-0.4, -0.2) is 0 Å². The standard InChI is InChI=1S/2Md.3O. The van der Waals surface area contributed by atoms with E-state index in [1.165, 1.54) is 0 Å². The number of rotatable bonds is 2. The molecule has 0 saturated carbocycles. The molecule has 3 nitrogen and oxygen atoms in total. The fourth-order valence-corrected chi connectivity index (χ4v) is 0.455. The van der Waals surface area contributed by atoms with E-state index < -0.39 is 0 Å². The predicted octanol–water partition coefficient (Wildman–Crippen LogP) is -0.306. The third-order valence-electron chi connectivity index (χ3n) is 0.0256. The van der Waals surface area contributed by atoms with Gasteiger partial charge in [-0.3, -0.25) is 0 Å². The molecule has 5 heteroatoms. The molecule has 0 aliphatic carbocycles. The van der Waals surface area contributed by atoms with Crippen LogP contribution in [0.15, 0.2) is 0 Å². The van der Waals surface area contributed by atoms with Gasteiger partial charge in [-0.05, 0) is 0 Å². The fraction of sp³-hybridized carbons (Fsp3) is 0. The summed E-state index contributed by atoms with van der Waals surface area (Å²) in [6, 6.07) is 0. The van der Waals surface area contributed by atoms with Gasteiger partial charge in [0.25, 0.3) is 0 Å². The summed E-state index contributed by atoms with van der Waals surface area (Å²) >= 11 is 0. The molecule has 5 heavy (non-hydrogen) atoms. The van der Waals surface area contributed by atoms with Gasteiger partial charge in [0, 0.05) is 0 Å². The minimum absolute atomic E-state index is 1.45. The zero-order chi connectivity index (χ0) is 4.12. The molecular weight excluding hydrogens is 564 g/mol. The molecule has 0 rings (SSSR count). The van der Waals surface area contributed by atoms with Crippen molar-refractivity contribution in [1.82, 2.24) is 0 Å². The molecule has 0 N–H and O–H groups in total. The second-order valence-electron chi connectivity index (χ2n) is 0.124. The Kier molecular flexibility index (Phi) is 0.799. The van der Waals surface area contributed by atoms with E-state index >= 15 is 0 Å². The van der Waals surface area contributed by atoms with Crippen LogP contribution < -0.4 is 0 Å². The summed E-state index contributed by atoms with van der Waals surface area (Å²) in [5.74, 6) is 0. The average molecular weight is 564 g/mol. The third-order valence-corrected chi connectivity index (χ3v) is 2.23. The zero-order valence-corrected chi connectivity index (χ0v) is 6.40. The first-order chi connectivity index (χ1) is 2.41. The van der Waals surface area contributed by atoms with Crippen LogP contribution in [0.3, 0.4) is 0 Å². The molecule has 44 valence electrons. The van der Waals surface area contributed by atoms with Crippen molar-refractivity contribution in [3.05, 3.63) is 0 Å². The van der Waals surface area contributed by atoms with Crippen LogP contribution in [-0.2, 0) is 16.4 Å². The third kappa shape index (κ3) is 1.56. The van der Waals surface area contributed by atoms with Crippen molar-refractivity contribution in [2.45, 2.75) is 0 Å². The van der Waals surface area contributed by atoms with Crippen molar-refractivity contribution < 1.29 is 16.4 Å². The molecule has 0 aliphatic heterocycles. The topological polar surface area (TPSA) is 43.4 Å². The van der Waals surface area contributed by atoms with Crippen molar-refractivity contribution in [2.75, 3.05) is 0 Å². The SMILES string of the molecule is [O]=[Md][O][Md]=[O]. The Morgan fingerprint density at radius 1 is 1.20 bits per heavy atom. The van der Waals surface area contributed by atoms with Gasteiger partial charge in [-0.15, -0.1) is 0 Å². The monoisotopic (exact) mass is 564 g/mol. The summed E-state index contributed by atoms with van der Waals surface area (Å²) < 4.78 is -2.90. The van der Waals surface area contributed by atoms with E-state index in [-0.39, 0.29) is 0 Å². The van der Waals surface area contributed by atoms with Crippen LogP contribution >= 0.6 is 0 Å². The molecule has 0 unspecified atom stereocenters. The van der Waals surface area contributed by atoms with Gasteiger partial charge in [-0.1, -0.05) is 0 Å². The van der Waals surface area contributed by atoms with Gasteiger partial charge in [0.2, 0.25) is 0 Å². The second kappa shape index (κ2) is 1.56. The van der Waals surface area contributed by atoms with Crippen molar-refractivity contribution >= 4 is 0 Å². The Hall–Kier alpha value is -2.44. The van der Waals surface area contributed by atoms with Crippen LogP contribution in [0.25, 0.3) is 0 Å². The van der Waals surface area contributed by atoms with Crippen LogP contribution in [0.4, 0.5) is 0 Å². The normalized spacial score (nSPS) is 4.80. The van der Waals surface area contributed by atoms with E-state index in [4.69, 9.17) is 0 Å². The van der Waals surface area contributed by atoms with E-state index in [0.29, 0.717) is 0 Å². The van der Waals surface area contributed by atoms with Gasteiger partial charge < -0.3 is 0 Å². The van der Waals surface area contributed by atoms with E-state index in [9.17, 15) is 11.0 Å². The maximum absolute atomic E-state index is 9.25. The summed E-state index contributed by atoms with van der Waals surface area (Å²) in [7, 11) is 0. The van der Waals surface area contributed by atoms with Crippen molar-refractivity contribution in [3.8, 4) is 0 Å².